The molecular weight excluding hydrogens is 188 g/mol. The summed E-state index contributed by atoms with van der Waals surface area (Å²) in [7, 11) is 0. The van der Waals surface area contributed by atoms with Crippen LogP contribution >= 0.6 is 0 Å². The molecule has 1 aromatic heterocycles. The summed E-state index contributed by atoms with van der Waals surface area (Å²) in [5, 5.41) is 0. The number of aryl methyl sites for hydroxylation is 2. The van der Waals surface area contributed by atoms with E-state index >= 15 is 0 Å². The summed E-state index contributed by atoms with van der Waals surface area (Å²) < 4.78 is 1.33. The van der Waals surface area contributed by atoms with Crippen molar-refractivity contribution < 1.29 is 0 Å². The lowest BCUT2D eigenvalue weighted by Crippen LogP contribution is -2.09. The Labute approximate surface area is 88.5 Å². The average Bonchev–Trinajstić information content (AvgIpc) is 2.46. The zero-order chi connectivity index (χ0) is 11.0. The van der Waals surface area contributed by atoms with Crippen LogP contribution in [0.15, 0.2) is 24.4 Å². The van der Waals surface area contributed by atoms with Crippen LogP contribution in [0.4, 0.5) is 5.95 Å². The van der Waals surface area contributed by atoms with Gasteiger partial charge in [-0.25, -0.2) is 9.66 Å². The number of anilines is 1. The zero-order valence-electron chi connectivity index (χ0n) is 8.86. The number of hydrogen-bond donors (Lipinski definition) is 2. The molecule has 2 rings (SSSR count). The molecule has 0 aliphatic carbocycles. The number of imidazole rings is 1. The molecule has 0 aliphatic heterocycles. The SMILES string of the molecule is Cc1ccc(-c2cn(N)c(N)n2)c(C)c1. The summed E-state index contributed by atoms with van der Waals surface area (Å²) in [6.07, 6.45) is 1.73. The second-order valence-corrected chi connectivity index (χ2v) is 3.71. The van der Waals surface area contributed by atoms with Crippen LogP contribution in [-0.2, 0) is 0 Å². The Hall–Kier alpha value is -1.97. The van der Waals surface area contributed by atoms with Gasteiger partial charge in [0, 0.05) is 5.56 Å². The summed E-state index contributed by atoms with van der Waals surface area (Å²) in [4.78, 5) is 4.19. The van der Waals surface area contributed by atoms with Crippen molar-refractivity contribution in [2.45, 2.75) is 13.8 Å². The molecular formula is C11H14N4. The van der Waals surface area contributed by atoms with E-state index in [9.17, 15) is 0 Å². The van der Waals surface area contributed by atoms with E-state index in [4.69, 9.17) is 11.6 Å². The maximum atomic E-state index is 5.59. The summed E-state index contributed by atoms with van der Waals surface area (Å²) in [6.45, 7) is 4.11. The fraction of sp³-hybridized carbons (Fsp3) is 0.182. The number of benzene rings is 1. The third kappa shape index (κ3) is 1.66. The predicted octanol–water partition coefficient (Wildman–Crippen LogP) is 1.46. The molecule has 0 saturated heterocycles. The van der Waals surface area contributed by atoms with Gasteiger partial charge >= 0.3 is 0 Å². The van der Waals surface area contributed by atoms with E-state index in [0.717, 1.165) is 11.3 Å². The largest absolute Gasteiger partial charge is 0.368 e. The number of rotatable bonds is 1. The fourth-order valence-electron chi connectivity index (χ4n) is 1.64. The smallest absolute Gasteiger partial charge is 0.219 e. The van der Waals surface area contributed by atoms with Gasteiger partial charge in [0.1, 0.15) is 0 Å². The van der Waals surface area contributed by atoms with Gasteiger partial charge in [-0.1, -0.05) is 23.8 Å². The number of hydrogen-bond acceptors (Lipinski definition) is 3. The van der Waals surface area contributed by atoms with Crippen LogP contribution in [0, 0.1) is 13.8 Å². The Balaban J connectivity index is 2.54. The molecule has 0 spiro atoms. The Morgan fingerprint density at radius 2 is 2.00 bits per heavy atom. The molecule has 4 heteroatoms. The highest BCUT2D eigenvalue weighted by Gasteiger charge is 2.07. The number of nitrogen functional groups attached to an aromatic ring is 2. The van der Waals surface area contributed by atoms with Crippen molar-refractivity contribution in [1.29, 1.82) is 0 Å². The molecule has 0 atom stereocenters. The van der Waals surface area contributed by atoms with Crippen molar-refractivity contribution in [3.8, 4) is 11.3 Å². The molecule has 4 nitrogen and oxygen atoms in total. The van der Waals surface area contributed by atoms with E-state index in [-0.39, 0.29) is 0 Å². The van der Waals surface area contributed by atoms with Gasteiger partial charge in [0.05, 0.1) is 11.9 Å². The molecule has 0 bridgehead atoms. The van der Waals surface area contributed by atoms with Crippen LogP contribution in [-0.4, -0.2) is 9.66 Å². The maximum Gasteiger partial charge on any atom is 0.219 e. The normalized spacial score (nSPS) is 10.5. The Bertz CT molecular complexity index is 480. The molecule has 1 heterocycles. The first kappa shape index (κ1) is 9.58. The number of nitrogens with two attached hydrogens (primary N) is 2. The molecule has 78 valence electrons. The third-order valence-corrected chi connectivity index (χ3v) is 2.42. The van der Waals surface area contributed by atoms with Gasteiger partial charge in [0.15, 0.2) is 0 Å². The molecule has 15 heavy (non-hydrogen) atoms. The van der Waals surface area contributed by atoms with E-state index in [1.807, 2.05) is 19.1 Å². The van der Waals surface area contributed by atoms with Crippen LogP contribution in [0.2, 0.25) is 0 Å². The van der Waals surface area contributed by atoms with Gasteiger partial charge in [0.2, 0.25) is 5.95 Å². The first-order chi connectivity index (χ1) is 7.08. The second kappa shape index (κ2) is 3.31. The Morgan fingerprint density at radius 3 is 2.53 bits per heavy atom. The van der Waals surface area contributed by atoms with Gasteiger partial charge in [-0.15, -0.1) is 0 Å². The first-order valence-electron chi connectivity index (χ1n) is 4.75. The average molecular weight is 202 g/mol. The van der Waals surface area contributed by atoms with Crippen molar-refractivity contribution >= 4 is 5.95 Å². The quantitative estimate of drug-likeness (QED) is 0.688. The predicted molar refractivity (Wildman–Crippen MR) is 61.7 cm³/mol. The van der Waals surface area contributed by atoms with Gasteiger partial charge in [-0.05, 0) is 19.4 Å². The lowest BCUT2D eigenvalue weighted by molar-refractivity contribution is 1.02. The van der Waals surface area contributed by atoms with E-state index in [1.54, 1.807) is 6.20 Å². The molecule has 4 N–H and O–H groups in total. The summed E-state index contributed by atoms with van der Waals surface area (Å²) in [5.74, 6) is 5.91. The standard InChI is InChI=1S/C11H14N4/c1-7-3-4-9(8(2)5-7)10-6-15(13)11(12)14-10/h3-6H,13H2,1-2H3,(H2,12,14). The molecule has 2 aromatic rings. The second-order valence-electron chi connectivity index (χ2n) is 3.71. The molecule has 0 unspecified atom stereocenters. The number of aromatic nitrogens is 2. The van der Waals surface area contributed by atoms with Gasteiger partial charge in [-0.3, -0.25) is 0 Å². The lowest BCUT2D eigenvalue weighted by Gasteiger charge is -2.02. The van der Waals surface area contributed by atoms with Crippen LogP contribution in [0.25, 0.3) is 11.3 Å². The summed E-state index contributed by atoms with van der Waals surface area (Å²) >= 11 is 0. The first-order valence-corrected chi connectivity index (χ1v) is 4.75. The summed E-state index contributed by atoms with van der Waals surface area (Å²) in [6, 6.07) is 6.20. The van der Waals surface area contributed by atoms with Crippen LogP contribution in [0.1, 0.15) is 11.1 Å². The Kier molecular flexibility index (Phi) is 2.11. The van der Waals surface area contributed by atoms with E-state index in [2.05, 4.69) is 18.0 Å². The Morgan fingerprint density at radius 1 is 1.27 bits per heavy atom. The fourth-order valence-corrected chi connectivity index (χ4v) is 1.64. The van der Waals surface area contributed by atoms with Crippen molar-refractivity contribution in [3.05, 3.63) is 35.5 Å². The minimum atomic E-state index is 0.324. The van der Waals surface area contributed by atoms with E-state index in [0.29, 0.717) is 5.95 Å². The monoisotopic (exact) mass is 202 g/mol. The number of nitrogens with zero attached hydrogens (tertiary/aromatic N) is 2. The van der Waals surface area contributed by atoms with Crippen molar-refractivity contribution in [2.75, 3.05) is 11.6 Å². The highest BCUT2D eigenvalue weighted by atomic mass is 15.3. The molecule has 1 aromatic carbocycles. The van der Waals surface area contributed by atoms with Crippen LogP contribution in [0.5, 0.6) is 0 Å². The topological polar surface area (TPSA) is 69.9 Å². The highest BCUT2D eigenvalue weighted by Crippen LogP contribution is 2.23. The van der Waals surface area contributed by atoms with Crippen molar-refractivity contribution in [1.82, 2.24) is 9.66 Å². The highest BCUT2D eigenvalue weighted by molar-refractivity contribution is 5.64. The molecule has 0 radical (unpaired) electrons. The van der Waals surface area contributed by atoms with E-state index in [1.165, 1.54) is 15.8 Å². The molecule has 0 aliphatic rings. The van der Waals surface area contributed by atoms with Gasteiger partial charge in [0.25, 0.3) is 0 Å². The van der Waals surface area contributed by atoms with Gasteiger partial charge < -0.3 is 11.6 Å². The maximum absolute atomic E-state index is 5.59. The minimum absolute atomic E-state index is 0.324. The lowest BCUT2D eigenvalue weighted by atomic mass is 10.0. The van der Waals surface area contributed by atoms with E-state index < -0.39 is 0 Å². The summed E-state index contributed by atoms with van der Waals surface area (Å²) in [5.41, 5.74) is 9.87. The van der Waals surface area contributed by atoms with Crippen molar-refractivity contribution in [2.24, 2.45) is 0 Å². The van der Waals surface area contributed by atoms with Gasteiger partial charge in [-0.2, -0.15) is 0 Å². The molecule has 0 amide bonds. The molecule has 0 fully saturated rings. The van der Waals surface area contributed by atoms with Crippen molar-refractivity contribution in [3.63, 3.8) is 0 Å². The van der Waals surface area contributed by atoms with Crippen LogP contribution in [0.3, 0.4) is 0 Å². The van der Waals surface area contributed by atoms with Crippen LogP contribution < -0.4 is 11.6 Å². The minimum Gasteiger partial charge on any atom is -0.368 e. The zero-order valence-corrected chi connectivity index (χ0v) is 8.86. The molecule has 0 saturated carbocycles. The third-order valence-electron chi connectivity index (χ3n) is 2.42.